The van der Waals surface area contributed by atoms with Crippen LogP contribution in [0.4, 0.5) is 18.9 Å². The van der Waals surface area contributed by atoms with Crippen LogP contribution in [0, 0.1) is 21.0 Å². The van der Waals surface area contributed by atoms with E-state index in [1.54, 1.807) is 22.6 Å². The lowest BCUT2D eigenvalue weighted by Gasteiger charge is -2.09. The van der Waals surface area contributed by atoms with E-state index in [9.17, 15) is 18.3 Å². The zero-order valence-corrected chi connectivity index (χ0v) is 11.0. The van der Waals surface area contributed by atoms with Crippen LogP contribution in [0.1, 0.15) is 0 Å². The standard InChI is InChI=1S/C12H7F3INO/c13-7-3-10(16)8(14)1-5(7)6-2-9(15)11(17)4-12(6)18/h1-4,18H,17H2. The summed E-state index contributed by atoms with van der Waals surface area (Å²) in [7, 11) is 0. The van der Waals surface area contributed by atoms with Crippen molar-refractivity contribution in [1.82, 2.24) is 0 Å². The second-order valence-electron chi connectivity index (χ2n) is 3.64. The summed E-state index contributed by atoms with van der Waals surface area (Å²) in [4.78, 5) is 0. The van der Waals surface area contributed by atoms with Crippen molar-refractivity contribution < 1.29 is 18.3 Å². The minimum atomic E-state index is -0.804. The summed E-state index contributed by atoms with van der Waals surface area (Å²) in [5.41, 5.74) is 4.63. The van der Waals surface area contributed by atoms with Crippen LogP contribution < -0.4 is 5.73 Å². The molecule has 2 nitrogen and oxygen atoms in total. The number of aromatic hydroxyl groups is 1. The molecule has 0 atom stereocenters. The van der Waals surface area contributed by atoms with Crippen molar-refractivity contribution in [3.8, 4) is 16.9 Å². The third kappa shape index (κ3) is 2.24. The molecule has 2 aromatic rings. The van der Waals surface area contributed by atoms with Gasteiger partial charge >= 0.3 is 0 Å². The first-order chi connectivity index (χ1) is 8.40. The number of hydrogen-bond acceptors (Lipinski definition) is 2. The predicted octanol–water partition coefficient (Wildman–Crippen LogP) is 3.66. The first-order valence-corrected chi connectivity index (χ1v) is 5.91. The molecule has 0 bridgehead atoms. The Morgan fingerprint density at radius 3 is 2.17 bits per heavy atom. The second kappa shape index (κ2) is 4.68. The highest BCUT2D eigenvalue weighted by atomic mass is 127. The molecule has 0 fully saturated rings. The number of rotatable bonds is 1. The van der Waals surface area contributed by atoms with Gasteiger partial charge in [0, 0.05) is 17.2 Å². The van der Waals surface area contributed by atoms with Gasteiger partial charge in [0.2, 0.25) is 0 Å². The minimum absolute atomic E-state index is 0.101. The van der Waals surface area contributed by atoms with Gasteiger partial charge in [0.1, 0.15) is 23.2 Å². The maximum Gasteiger partial charge on any atom is 0.146 e. The molecule has 18 heavy (non-hydrogen) atoms. The van der Waals surface area contributed by atoms with Gasteiger partial charge in [-0.1, -0.05) is 0 Å². The lowest BCUT2D eigenvalue weighted by molar-refractivity contribution is 0.475. The quantitative estimate of drug-likeness (QED) is 0.460. The Bertz CT molecular complexity index is 576. The van der Waals surface area contributed by atoms with Crippen molar-refractivity contribution in [2.24, 2.45) is 0 Å². The molecule has 0 aromatic heterocycles. The van der Waals surface area contributed by atoms with Gasteiger partial charge in [0.05, 0.1) is 9.26 Å². The van der Waals surface area contributed by atoms with Crippen molar-refractivity contribution >= 4 is 28.3 Å². The third-order valence-corrected chi connectivity index (χ3v) is 3.24. The Morgan fingerprint density at radius 2 is 1.50 bits per heavy atom. The monoisotopic (exact) mass is 365 g/mol. The molecule has 0 aliphatic heterocycles. The smallest absolute Gasteiger partial charge is 0.146 e. The van der Waals surface area contributed by atoms with E-state index in [0.717, 1.165) is 24.3 Å². The first-order valence-electron chi connectivity index (χ1n) is 4.83. The Balaban J connectivity index is 2.69. The van der Waals surface area contributed by atoms with Gasteiger partial charge in [-0.25, -0.2) is 13.2 Å². The van der Waals surface area contributed by atoms with Gasteiger partial charge in [-0.3, -0.25) is 0 Å². The van der Waals surface area contributed by atoms with E-state index in [1.165, 1.54) is 0 Å². The zero-order valence-electron chi connectivity index (χ0n) is 8.85. The largest absolute Gasteiger partial charge is 0.507 e. The van der Waals surface area contributed by atoms with Gasteiger partial charge in [0.25, 0.3) is 0 Å². The van der Waals surface area contributed by atoms with Crippen LogP contribution in [0.15, 0.2) is 24.3 Å². The Hall–Kier alpha value is -1.44. The van der Waals surface area contributed by atoms with Crippen LogP contribution in [0.25, 0.3) is 11.1 Å². The highest BCUT2D eigenvalue weighted by Crippen LogP contribution is 2.35. The number of benzene rings is 2. The molecule has 2 aromatic carbocycles. The fraction of sp³-hybridized carbons (Fsp3) is 0. The summed E-state index contributed by atoms with van der Waals surface area (Å²) in [5.74, 6) is -2.61. The van der Waals surface area contributed by atoms with Gasteiger partial charge in [0.15, 0.2) is 0 Å². The Labute approximate surface area is 114 Å². The zero-order chi connectivity index (χ0) is 13.4. The molecule has 0 spiro atoms. The normalized spacial score (nSPS) is 10.7. The molecule has 0 heterocycles. The maximum atomic E-state index is 13.7. The number of halogens is 4. The van der Waals surface area contributed by atoms with Crippen LogP contribution in [0.3, 0.4) is 0 Å². The van der Waals surface area contributed by atoms with Gasteiger partial charge in [-0.05, 0) is 40.8 Å². The lowest BCUT2D eigenvalue weighted by atomic mass is 10.0. The molecule has 0 radical (unpaired) electrons. The second-order valence-corrected chi connectivity index (χ2v) is 4.80. The van der Waals surface area contributed by atoms with Crippen molar-refractivity contribution in [3.63, 3.8) is 0 Å². The summed E-state index contributed by atoms with van der Waals surface area (Å²) in [6, 6.07) is 3.70. The van der Waals surface area contributed by atoms with E-state index >= 15 is 0 Å². The fourth-order valence-electron chi connectivity index (χ4n) is 1.52. The Morgan fingerprint density at radius 1 is 0.889 bits per heavy atom. The molecule has 0 unspecified atom stereocenters. The first kappa shape index (κ1) is 13.0. The van der Waals surface area contributed by atoms with E-state index in [1.807, 2.05) is 0 Å². The summed E-state index contributed by atoms with van der Waals surface area (Å²) in [6.07, 6.45) is 0. The van der Waals surface area contributed by atoms with Gasteiger partial charge in [-0.15, -0.1) is 0 Å². The van der Waals surface area contributed by atoms with Crippen molar-refractivity contribution in [3.05, 3.63) is 45.3 Å². The van der Waals surface area contributed by atoms with Crippen molar-refractivity contribution in [1.29, 1.82) is 0 Å². The molecular formula is C12H7F3INO. The molecule has 94 valence electrons. The third-order valence-electron chi connectivity index (χ3n) is 2.42. The van der Waals surface area contributed by atoms with Crippen LogP contribution in [0.5, 0.6) is 5.75 Å². The van der Waals surface area contributed by atoms with E-state index < -0.39 is 23.2 Å². The number of phenols is 1. The van der Waals surface area contributed by atoms with Crippen molar-refractivity contribution in [2.45, 2.75) is 0 Å². The topological polar surface area (TPSA) is 46.2 Å². The predicted molar refractivity (Wildman–Crippen MR) is 70.5 cm³/mol. The fourth-order valence-corrected chi connectivity index (χ4v) is 1.95. The van der Waals surface area contributed by atoms with E-state index in [-0.39, 0.29) is 20.4 Å². The van der Waals surface area contributed by atoms with Crippen LogP contribution in [-0.2, 0) is 0 Å². The molecule has 0 saturated heterocycles. The lowest BCUT2D eigenvalue weighted by Crippen LogP contribution is -1.94. The maximum absolute atomic E-state index is 13.7. The molecule has 0 aliphatic rings. The number of nitrogens with two attached hydrogens (primary N) is 1. The average Bonchev–Trinajstić information content (AvgIpc) is 2.29. The van der Waals surface area contributed by atoms with Crippen LogP contribution >= 0.6 is 22.6 Å². The van der Waals surface area contributed by atoms with Gasteiger partial charge < -0.3 is 10.8 Å². The molecule has 2 rings (SSSR count). The van der Waals surface area contributed by atoms with Crippen LogP contribution in [0.2, 0.25) is 0 Å². The molecular weight excluding hydrogens is 358 g/mol. The van der Waals surface area contributed by atoms with E-state index in [4.69, 9.17) is 5.73 Å². The van der Waals surface area contributed by atoms with Crippen molar-refractivity contribution in [2.75, 3.05) is 5.73 Å². The number of phenolic OH excluding ortho intramolecular Hbond substituents is 1. The minimum Gasteiger partial charge on any atom is -0.507 e. The number of hydrogen-bond donors (Lipinski definition) is 2. The SMILES string of the molecule is Nc1cc(O)c(-c2cc(F)c(I)cc2F)cc1F. The molecule has 0 saturated carbocycles. The highest BCUT2D eigenvalue weighted by molar-refractivity contribution is 14.1. The molecule has 0 aliphatic carbocycles. The van der Waals surface area contributed by atoms with Crippen LogP contribution in [-0.4, -0.2) is 5.11 Å². The Kier molecular flexibility index (Phi) is 3.38. The molecule has 6 heteroatoms. The summed E-state index contributed by atoms with van der Waals surface area (Å²) in [6.45, 7) is 0. The summed E-state index contributed by atoms with van der Waals surface area (Å²) < 4.78 is 40.5. The summed E-state index contributed by atoms with van der Waals surface area (Å²) >= 11 is 1.64. The average molecular weight is 365 g/mol. The molecule has 0 amide bonds. The van der Waals surface area contributed by atoms with Gasteiger partial charge in [-0.2, -0.15) is 0 Å². The van der Waals surface area contributed by atoms with E-state index in [0.29, 0.717) is 0 Å². The molecule has 3 N–H and O–H groups in total. The van der Waals surface area contributed by atoms with E-state index in [2.05, 4.69) is 0 Å². The number of anilines is 1. The highest BCUT2D eigenvalue weighted by Gasteiger charge is 2.15. The number of nitrogen functional groups attached to an aromatic ring is 1. The summed E-state index contributed by atoms with van der Waals surface area (Å²) in [5, 5.41) is 9.62.